The molecule has 0 spiro atoms. The van der Waals surface area contributed by atoms with Gasteiger partial charge in [-0.1, -0.05) is 30.3 Å². The molecule has 7 nitrogen and oxygen atoms in total. The molecule has 9 heteroatoms. The molecule has 3 aromatic rings. The summed E-state index contributed by atoms with van der Waals surface area (Å²) in [4.78, 5) is 12.8. The van der Waals surface area contributed by atoms with Crippen LogP contribution in [0.5, 0.6) is 0 Å². The predicted molar refractivity (Wildman–Crippen MR) is 113 cm³/mol. The summed E-state index contributed by atoms with van der Waals surface area (Å²) in [7, 11) is -3.65. The predicted octanol–water partition coefficient (Wildman–Crippen LogP) is 2.78. The molecule has 1 fully saturated rings. The number of nitrogens with zero attached hydrogens (tertiary/aromatic N) is 3. The van der Waals surface area contributed by atoms with Gasteiger partial charge in [0.05, 0.1) is 6.54 Å². The summed E-state index contributed by atoms with van der Waals surface area (Å²) in [5, 5.41) is 5.47. The van der Waals surface area contributed by atoms with Crippen LogP contribution in [0.1, 0.15) is 24.4 Å². The van der Waals surface area contributed by atoms with E-state index in [2.05, 4.69) is 9.82 Å². The molecule has 4 rings (SSSR count). The molecule has 1 aromatic heterocycles. The summed E-state index contributed by atoms with van der Waals surface area (Å²) in [6.07, 6.45) is 3.27. The van der Waals surface area contributed by atoms with Crippen LogP contribution in [0.4, 0.5) is 4.39 Å². The molecule has 0 amide bonds. The van der Waals surface area contributed by atoms with Crippen LogP contribution in [-0.4, -0.2) is 29.3 Å². The van der Waals surface area contributed by atoms with Crippen LogP contribution in [0.15, 0.2) is 64.8 Å². The van der Waals surface area contributed by atoms with Crippen LogP contribution < -0.4 is 10.4 Å². The van der Waals surface area contributed by atoms with E-state index in [0.29, 0.717) is 11.4 Å². The number of aromatic nitrogens is 3. The summed E-state index contributed by atoms with van der Waals surface area (Å²) in [5.41, 5.74) is 1.12. The van der Waals surface area contributed by atoms with E-state index in [0.717, 1.165) is 23.8 Å². The van der Waals surface area contributed by atoms with E-state index in [1.807, 2.05) is 18.2 Å². The zero-order chi connectivity index (χ0) is 21.1. The highest BCUT2D eigenvalue weighted by atomic mass is 32.2. The Labute approximate surface area is 173 Å². The minimum Gasteiger partial charge on any atom is -0.272 e. The second-order valence-corrected chi connectivity index (χ2v) is 8.74. The monoisotopic (exact) mass is 428 g/mol. The van der Waals surface area contributed by atoms with Crippen molar-refractivity contribution in [2.75, 3.05) is 6.54 Å². The zero-order valence-corrected chi connectivity index (χ0v) is 16.9. The van der Waals surface area contributed by atoms with E-state index in [1.54, 1.807) is 28.8 Å². The fourth-order valence-corrected chi connectivity index (χ4v) is 3.91. The minimum atomic E-state index is -3.65. The summed E-state index contributed by atoms with van der Waals surface area (Å²) >= 11 is 0. The molecule has 1 heterocycles. The van der Waals surface area contributed by atoms with Gasteiger partial charge in [-0.15, -0.1) is 5.10 Å². The summed E-state index contributed by atoms with van der Waals surface area (Å²) in [6, 6.07) is 15.0. The molecule has 0 radical (unpaired) electrons. The first-order valence-corrected chi connectivity index (χ1v) is 11.2. The van der Waals surface area contributed by atoms with Gasteiger partial charge in [0.1, 0.15) is 5.82 Å². The third-order valence-electron chi connectivity index (χ3n) is 4.75. The highest BCUT2D eigenvalue weighted by Gasteiger charge is 2.30. The van der Waals surface area contributed by atoms with Gasteiger partial charge in [0.15, 0.2) is 5.82 Å². The fraction of sp³-hybridized carbons (Fsp3) is 0.238. The maximum absolute atomic E-state index is 13.2. The van der Waals surface area contributed by atoms with Gasteiger partial charge in [-0.05, 0) is 48.7 Å². The Morgan fingerprint density at radius 2 is 1.80 bits per heavy atom. The Balaban J connectivity index is 1.47. The lowest BCUT2D eigenvalue weighted by molar-refractivity contribution is 0.551. The first-order chi connectivity index (χ1) is 14.4. The number of nitrogens with one attached hydrogen (secondary N) is 1. The SMILES string of the molecule is O=c1n(CCNS(=O)(=O)/C=C/c2ccccc2)nc(-c2ccc(F)cc2)n1C1CC1. The Hall–Kier alpha value is -3.04. The molecule has 0 aliphatic heterocycles. The molecule has 1 N–H and O–H groups in total. The normalized spacial score (nSPS) is 14.4. The van der Waals surface area contributed by atoms with Crippen LogP contribution in [0.25, 0.3) is 17.5 Å². The van der Waals surface area contributed by atoms with Gasteiger partial charge in [-0.3, -0.25) is 4.57 Å². The van der Waals surface area contributed by atoms with Crippen LogP contribution >= 0.6 is 0 Å². The molecule has 0 atom stereocenters. The molecule has 1 aliphatic rings. The van der Waals surface area contributed by atoms with Gasteiger partial charge in [0.2, 0.25) is 10.0 Å². The number of hydrogen-bond acceptors (Lipinski definition) is 4. The molecular weight excluding hydrogens is 407 g/mol. The van der Waals surface area contributed by atoms with Gasteiger partial charge in [-0.25, -0.2) is 27.0 Å². The Morgan fingerprint density at radius 1 is 1.10 bits per heavy atom. The van der Waals surface area contributed by atoms with E-state index in [1.165, 1.54) is 22.9 Å². The Kier molecular flexibility index (Phi) is 5.65. The van der Waals surface area contributed by atoms with Gasteiger partial charge in [0, 0.05) is 23.6 Å². The number of rotatable bonds is 8. The van der Waals surface area contributed by atoms with Crippen molar-refractivity contribution in [2.24, 2.45) is 0 Å². The van der Waals surface area contributed by atoms with Crippen molar-refractivity contribution >= 4 is 16.1 Å². The molecule has 1 saturated carbocycles. The van der Waals surface area contributed by atoms with Crippen LogP contribution in [-0.2, 0) is 16.6 Å². The lowest BCUT2D eigenvalue weighted by Gasteiger charge is -2.03. The quantitative estimate of drug-likeness (QED) is 0.598. The molecule has 2 aromatic carbocycles. The van der Waals surface area contributed by atoms with Crippen LogP contribution in [0.3, 0.4) is 0 Å². The van der Waals surface area contributed by atoms with E-state index >= 15 is 0 Å². The second kappa shape index (κ2) is 8.37. The zero-order valence-electron chi connectivity index (χ0n) is 16.1. The first kappa shape index (κ1) is 20.2. The maximum atomic E-state index is 13.2. The summed E-state index contributed by atoms with van der Waals surface area (Å²) < 4.78 is 42.9. The van der Waals surface area contributed by atoms with E-state index < -0.39 is 10.0 Å². The van der Waals surface area contributed by atoms with Gasteiger partial charge < -0.3 is 0 Å². The number of halogens is 1. The standard InChI is InChI=1S/C21H21FN4O3S/c22-18-8-6-17(7-9-18)20-24-25(21(27)26(20)19-10-11-19)14-13-23-30(28,29)15-12-16-4-2-1-3-5-16/h1-9,12,15,19,23H,10-11,13-14H2/b15-12+. The molecule has 0 unspecified atom stereocenters. The maximum Gasteiger partial charge on any atom is 0.346 e. The first-order valence-electron chi connectivity index (χ1n) is 9.61. The van der Waals surface area contributed by atoms with Crippen molar-refractivity contribution in [3.05, 3.63) is 81.9 Å². The molecule has 30 heavy (non-hydrogen) atoms. The van der Waals surface area contributed by atoms with Crippen molar-refractivity contribution in [3.8, 4) is 11.4 Å². The average Bonchev–Trinajstić information content (AvgIpc) is 3.52. The van der Waals surface area contributed by atoms with Crippen molar-refractivity contribution in [1.82, 2.24) is 19.1 Å². The minimum absolute atomic E-state index is 0.0197. The van der Waals surface area contributed by atoms with Crippen molar-refractivity contribution in [1.29, 1.82) is 0 Å². The highest BCUT2D eigenvalue weighted by Crippen LogP contribution is 2.36. The van der Waals surface area contributed by atoms with Crippen molar-refractivity contribution < 1.29 is 12.8 Å². The van der Waals surface area contributed by atoms with Crippen molar-refractivity contribution in [2.45, 2.75) is 25.4 Å². The third-order valence-corrected chi connectivity index (χ3v) is 5.85. The Morgan fingerprint density at radius 3 is 2.47 bits per heavy atom. The highest BCUT2D eigenvalue weighted by molar-refractivity contribution is 7.92. The lowest BCUT2D eigenvalue weighted by atomic mass is 10.2. The average molecular weight is 428 g/mol. The van der Waals surface area contributed by atoms with E-state index in [4.69, 9.17) is 0 Å². The molecule has 1 aliphatic carbocycles. The van der Waals surface area contributed by atoms with Crippen molar-refractivity contribution in [3.63, 3.8) is 0 Å². The lowest BCUT2D eigenvalue weighted by Crippen LogP contribution is -2.31. The molecular formula is C21H21FN4O3S. The number of sulfonamides is 1. The largest absolute Gasteiger partial charge is 0.346 e. The molecule has 156 valence electrons. The van der Waals surface area contributed by atoms with Gasteiger partial charge in [0.25, 0.3) is 0 Å². The van der Waals surface area contributed by atoms with Gasteiger partial charge in [-0.2, -0.15) is 0 Å². The summed E-state index contributed by atoms with van der Waals surface area (Å²) in [5.74, 6) is 0.103. The fourth-order valence-electron chi connectivity index (χ4n) is 3.10. The van der Waals surface area contributed by atoms with Crippen LogP contribution in [0.2, 0.25) is 0 Å². The molecule has 0 saturated heterocycles. The molecule has 0 bridgehead atoms. The van der Waals surface area contributed by atoms with Crippen LogP contribution in [0, 0.1) is 5.82 Å². The summed E-state index contributed by atoms with van der Waals surface area (Å²) in [6.45, 7) is 0.108. The van der Waals surface area contributed by atoms with E-state index in [-0.39, 0.29) is 30.6 Å². The van der Waals surface area contributed by atoms with Gasteiger partial charge >= 0.3 is 5.69 Å². The topological polar surface area (TPSA) is 86.0 Å². The van der Waals surface area contributed by atoms with E-state index in [9.17, 15) is 17.6 Å². The third kappa shape index (κ3) is 4.74. The smallest absolute Gasteiger partial charge is 0.272 e. The number of benzene rings is 2. The second-order valence-electron chi connectivity index (χ2n) is 7.09. The Bertz CT molecular complexity index is 1210. The number of hydrogen-bond donors (Lipinski definition) is 1.